The van der Waals surface area contributed by atoms with E-state index in [9.17, 15) is 0 Å². The second-order valence-electron chi connectivity index (χ2n) is 5.74. The number of unbranched alkanes of at least 4 members (excludes halogenated alkanes) is 1. The van der Waals surface area contributed by atoms with E-state index in [1.807, 2.05) is 0 Å². The van der Waals surface area contributed by atoms with Crippen LogP contribution in [-0.4, -0.2) is 19.0 Å². The van der Waals surface area contributed by atoms with E-state index in [-0.39, 0.29) is 5.41 Å². The number of aliphatic imine (C=N–C) groups is 1. The van der Waals surface area contributed by atoms with Gasteiger partial charge in [0.2, 0.25) is 0 Å². The van der Waals surface area contributed by atoms with Gasteiger partial charge in [-0.25, -0.2) is 0 Å². The maximum atomic E-state index is 5.79. The fourth-order valence-corrected chi connectivity index (χ4v) is 1.92. The normalized spacial score (nSPS) is 13.2. The molecule has 0 radical (unpaired) electrons. The zero-order valence-electron chi connectivity index (χ0n) is 11.6. The lowest BCUT2D eigenvalue weighted by Crippen LogP contribution is -2.33. The summed E-state index contributed by atoms with van der Waals surface area (Å²) in [5, 5.41) is 3.14. The molecule has 0 aromatic heterocycles. The first-order chi connectivity index (χ1) is 7.37. The molecule has 0 atom stereocenters. The van der Waals surface area contributed by atoms with Crippen LogP contribution < -0.4 is 11.1 Å². The number of nitrogens with two attached hydrogens (primary N) is 1. The predicted octanol–water partition coefficient (Wildman–Crippen LogP) is 2.76. The molecule has 0 heterocycles. The Labute approximate surface area is 101 Å². The van der Waals surface area contributed by atoms with E-state index >= 15 is 0 Å². The Bertz CT molecular complexity index is 207. The first-order valence-corrected chi connectivity index (χ1v) is 6.41. The van der Waals surface area contributed by atoms with E-state index < -0.39 is 0 Å². The molecule has 0 rings (SSSR count). The van der Waals surface area contributed by atoms with Gasteiger partial charge in [0.05, 0.1) is 0 Å². The van der Waals surface area contributed by atoms with Crippen molar-refractivity contribution in [2.24, 2.45) is 22.1 Å². The predicted molar refractivity (Wildman–Crippen MR) is 72.6 cm³/mol. The highest BCUT2D eigenvalue weighted by Gasteiger charge is 2.18. The lowest BCUT2D eigenvalue weighted by molar-refractivity contribution is 0.298. The van der Waals surface area contributed by atoms with E-state index in [1.165, 1.54) is 12.8 Å². The van der Waals surface area contributed by atoms with Crippen LogP contribution in [0.4, 0.5) is 0 Å². The number of guanidine groups is 1. The van der Waals surface area contributed by atoms with Crippen molar-refractivity contribution in [1.82, 2.24) is 5.32 Å². The third kappa shape index (κ3) is 8.57. The summed E-state index contributed by atoms with van der Waals surface area (Å²) in [4.78, 5) is 4.40. The third-order valence-electron chi connectivity index (χ3n) is 2.47. The van der Waals surface area contributed by atoms with Crippen molar-refractivity contribution in [2.75, 3.05) is 13.1 Å². The van der Waals surface area contributed by atoms with Crippen LogP contribution >= 0.6 is 0 Å². The first-order valence-electron chi connectivity index (χ1n) is 6.41. The lowest BCUT2D eigenvalue weighted by atomic mass is 9.84. The van der Waals surface area contributed by atoms with Gasteiger partial charge < -0.3 is 11.1 Å². The molecule has 0 fully saturated rings. The molecule has 0 aliphatic heterocycles. The number of nitrogens with zero attached hydrogens (tertiary/aromatic N) is 1. The Kier molecular flexibility index (Phi) is 7.18. The van der Waals surface area contributed by atoms with E-state index in [1.54, 1.807) is 0 Å². The lowest BCUT2D eigenvalue weighted by Gasteiger charge is -2.24. The quantitative estimate of drug-likeness (QED) is 0.399. The van der Waals surface area contributed by atoms with Crippen molar-refractivity contribution >= 4 is 5.96 Å². The van der Waals surface area contributed by atoms with Crippen LogP contribution in [0.2, 0.25) is 0 Å². The summed E-state index contributed by atoms with van der Waals surface area (Å²) in [5.41, 5.74) is 6.03. The van der Waals surface area contributed by atoms with Gasteiger partial charge in [0.15, 0.2) is 5.96 Å². The Morgan fingerprint density at radius 1 is 1.38 bits per heavy atom. The molecular formula is C13H29N3. The van der Waals surface area contributed by atoms with E-state index in [2.05, 4.69) is 44.9 Å². The minimum Gasteiger partial charge on any atom is -0.370 e. The van der Waals surface area contributed by atoms with Gasteiger partial charge in [-0.3, -0.25) is 4.99 Å². The maximum Gasteiger partial charge on any atom is 0.188 e. The molecule has 3 nitrogen and oxygen atoms in total. The van der Waals surface area contributed by atoms with Gasteiger partial charge in [0.1, 0.15) is 0 Å². The molecule has 0 aromatic carbocycles. The van der Waals surface area contributed by atoms with Crippen LogP contribution in [0, 0.1) is 11.3 Å². The smallest absolute Gasteiger partial charge is 0.188 e. The van der Waals surface area contributed by atoms with Crippen molar-refractivity contribution in [2.45, 2.75) is 53.9 Å². The minimum atomic E-state index is 0.241. The van der Waals surface area contributed by atoms with Crippen molar-refractivity contribution in [3.05, 3.63) is 0 Å². The summed E-state index contributed by atoms with van der Waals surface area (Å²) in [6.07, 6.45) is 3.50. The zero-order valence-corrected chi connectivity index (χ0v) is 11.6. The van der Waals surface area contributed by atoms with Crippen molar-refractivity contribution < 1.29 is 0 Å². The molecule has 3 N–H and O–H groups in total. The van der Waals surface area contributed by atoms with Crippen LogP contribution in [0.3, 0.4) is 0 Å². The molecule has 16 heavy (non-hydrogen) atoms. The van der Waals surface area contributed by atoms with E-state index in [4.69, 9.17) is 5.73 Å². The highest BCUT2D eigenvalue weighted by molar-refractivity contribution is 5.77. The fourth-order valence-electron chi connectivity index (χ4n) is 1.92. The average Bonchev–Trinajstić information content (AvgIpc) is 2.13. The molecule has 3 heteroatoms. The molecule has 0 saturated heterocycles. The van der Waals surface area contributed by atoms with Crippen LogP contribution in [-0.2, 0) is 0 Å². The number of rotatable bonds is 7. The molecule has 0 aromatic rings. The van der Waals surface area contributed by atoms with Gasteiger partial charge in [-0.2, -0.15) is 0 Å². The summed E-state index contributed by atoms with van der Waals surface area (Å²) in [7, 11) is 0. The van der Waals surface area contributed by atoms with Gasteiger partial charge in [0, 0.05) is 13.1 Å². The molecule has 0 amide bonds. The average molecular weight is 227 g/mol. The van der Waals surface area contributed by atoms with Crippen molar-refractivity contribution in [3.8, 4) is 0 Å². The van der Waals surface area contributed by atoms with Crippen molar-refractivity contribution in [3.63, 3.8) is 0 Å². The molecule has 0 aliphatic carbocycles. The summed E-state index contributed by atoms with van der Waals surface area (Å²) >= 11 is 0. The summed E-state index contributed by atoms with van der Waals surface area (Å²) in [5.74, 6) is 1.30. The van der Waals surface area contributed by atoms with Crippen molar-refractivity contribution in [1.29, 1.82) is 0 Å². The summed E-state index contributed by atoms with van der Waals surface area (Å²) in [6, 6.07) is 0. The Morgan fingerprint density at radius 2 is 2.00 bits per heavy atom. The number of nitrogens with one attached hydrogen (secondary N) is 1. The SMILES string of the molecule is CCCCNC(N)=NCC(C)(C)CC(C)C. The Balaban J connectivity index is 3.94. The third-order valence-corrected chi connectivity index (χ3v) is 2.47. The summed E-state index contributed by atoms with van der Waals surface area (Å²) in [6.45, 7) is 12.9. The largest absolute Gasteiger partial charge is 0.370 e. The number of hydrogen-bond donors (Lipinski definition) is 2. The number of hydrogen-bond acceptors (Lipinski definition) is 1. The minimum absolute atomic E-state index is 0.241. The van der Waals surface area contributed by atoms with Gasteiger partial charge in [-0.05, 0) is 24.2 Å². The van der Waals surface area contributed by atoms with Gasteiger partial charge in [-0.1, -0.05) is 41.0 Å². The van der Waals surface area contributed by atoms with Crippen LogP contribution in [0.1, 0.15) is 53.9 Å². The van der Waals surface area contributed by atoms with E-state index in [0.717, 1.165) is 19.5 Å². The maximum absolute atomic E-state index is 5.79. The molecular weight excluding hydrogens is 198 g/mol. The molecule has 96 valence electrons. The topological polar surface area (TPSA) is 50.4 Å². The van der Waals surface area contributed by atoms with Crippen LogP contribution in [0.15, 0.2) is 4.99 Å². The first kappa shape index (κ1) is 15.3. The second-order valence-corrected chi connectivity index (χ2v) is 5.74. The molecule has 0 bridgehead atoms. The summed E-state index contributed by atoms with van der Waals surface area (Å²) < 4.78 is 0. The molecule has 0 unspecified atom stereocenters. The van der Waals surface area contributed by atoms with E-state index in [0.29, 0.717) is 11.9 Å². The van der Waals surface area contributed by atoms with Crippen LogP contribution in [0.5, 0.6) is 0 Å². The van der Waals surface area contributed by atoms with Gasteiger partial charge in [-0.15, -0.1) is 0 Å². The Morgan fingerprint density at radius 3 is 2.50 bits per heavy atom. The highest BCUT2D eigenvalue weighted by Crippen LogP contribution is 2.25. The van der Waals surface area contributed by atoms with Gasteiger partial charge in [0.25, 0.3) is 0 Å². The van der Waals surface area contributed by atoms with Crippen LogP contribution in [0.25, 0.3) is 0 Å². The standard InChI is InChI=1S/C13H29N3/c1-6-7-8-15-12(14)16-10-13(4,5)9-11(2)3/h11H,6-10H2,1-5H3,(H3,14,15,16). The Hall–Kier alpha value is -0.730. The molecule has 0 spiro atoms. The molecule has 0 aliphatic rings. The fraction of sp³-hybridized carbons (Fsp3) is 0.923. The van der Waals surface area contributed by atoms with Gasteiger partial charge >= 0.3 is 0 Å². The zero-order chi connectivity index (χ0) is 12.6. The highest BCUT2D eigenvalue weighted by atomic mass is 15.1. The second kappa shape index (κ2) is 7.53. The monoisotopic (exact) mass is 227 g/mol. The molecule has 0 saturated carbocycles.